The third-order valence-corrected chi connectivity index (χ3v) is 5.00. The number of nitrogens with zero attached hydrogens (tertiary/aromatic N) is 4. The number of hydrogen-bond acceptors (Lipinski definition) is 6. The number of carbonyl (C=O) groups excluding carboxylic acids is 1. The second kappa shape index (κ2) is 7.55. The lowest BCUT2D eigenvalue weighted by molar-refractivity contribution is 0.0948. The zero-order valence-corrected chi connectivity index (χ0v) is 14.6. The lowest BCUT2D eigenvalue weighted by atomic mass is 10.3. The van der Waals surface area contributed by atoms with Gasteiger partial charge in [0, 0.05) is 19.2 Å². The number of likely N-dealkylation sites (N-methyl/N-ethyl adjacent to an activating group) is 1. The van der Waals surface area contributed by atoms with E-state index in [1.54, 1.807) is 11.0 Å². The molecule has 0 saturated carbocycles. The standard InChI is InChI=1S/C17H20N4O2S/c1-3-20(4-2)11-12-21(16(22)14-9-10-18-23-14)17-19-13-7-5-6-8-15(13)24-17/h5-10H,3-4,11-12H2,1-2H3. The molecule has 0 saturated heterocycles. The minimum absolute atomic E-state index is 0.210. The van der Waals surface area contributed by atoms with Gasteiger partial charge in [-0.15, -0.1) is 0 Å². The van der Waals surface area contributed by atoms with E-state index < -0.39 is 0 Å². The second-order valence-electron chi connectivity index (χ2n) is 5.32. The van der Waals surface area contributed by atoms with Crippen molar-refractivity contribution in [2.24, 2.45) is 0 Å². The summed E-state index contributed by atoms with van der Waals surface area (Å²) in [4.78, 5) is 21.4. The smallest absolute Gasteiger partial charge is 0.298 e. The summed E-state index contributed by atoms with van der Waals surface area (Å²) in [5.74, 6) is 0.0208. The van der Waals surface area contributed by atoms with Crippen LogP contribution in [0, 0.1) is 0 Å². The molecule has 24 heavy (non-hydrogen) atoms. The van der Waals surface area contributed by atoms with Crippen molar-refractivity contribution in [1.82, 2.24) is 15.0 Å². The molecule has 126 valence electrons. The maximum Gasteiger partial charge on any atom is 0.298 e. The number of aromatic nitrogens is 2. The van der Waals surface area contributed by atoms with Crippen molar-refractivity contribution < 1.29 is 9.32 Å². The fraction of sp³-hybridized carbons (Fsp3) is 0.353. The number of thiazole rings is 1. The number of rotatable bonds is 7. The average Bonchev–Trinajstić information content (AvgIpc) is 3.27. The van der Waals surface area contributed by atoms with Gasteiger partial charge in [-0.2, -0.15) is 0 Å². The van der Waals surface area contributed by atoms with Crippen LogP contribution < -0.4 is 4.90 Å². The van der Waals surface area contributed by atoms with E-state index in [4.69, 9.17) is 4.52 Å². The van der Waals surface area contributed by atoms with E-state index in [0.29, 0.717) is 11.7 Å². The Labute approximate surface area is 144 Å². The van der Waals surface area contributed by atoms with Gasteiger partial charge in [-0.1, -0.05) is 42.5 Å². The minimum atomic E-state index is -0.210. The second-order valence-corrected chi connectivity index (χ2v) is 6.33. The first-order valence-corrected chi connectivity index (χ1v) is 8.85. The largest absolute Gasteiger partial charge is 0.351 e. The molecule has 1 amide bonds. The van der Waals surface area contributed by atoms with Crippen molar-refractivity contribution in [2.45, 2.75) is 13.8 Å². The van der Waals surface area contributed by atoms with E-state index in [2.05, 4.69) is 28.9 Å². The monoisotopic (exact) mass is 344 g/mol. The van der Waals surface area contributed by atoms with Crippen LogP contribution in [0.3, 0.4) is 0 Å². The predicted octanol–water partition coefficient (Wildman–Crippen LogP) is 3.27. The molecule has 0 radical (unpaired) electrons. The first-order chi connectivity index (χ1) is 11.7. The van der Waals surface area contributed by atoms with Crippen molar-refractivity contribution >= 4 is 32.6 Å². The van der Waals surface area contributed by atoms with Crippen LogP contribution in [0.1, 0.15) is 24.4 Å². The Hall–Kier alpha value is -2.25. The van der Waals surface area contributed by atoms with Gasteiger partial charge in [0.15, 0.2) is 5.13 Å². The van der Waals surface area contributed by atoms with Crippen molar-refractivity contribution in [3.63, 3.8) is 0 Å². The molecule has 0 aliphatic heterocycles. The summed E-state index contributed by atoms with van der Waals surface area (Å²) in [6.07, 6.45) is 1.48. The summed E-state index contributed by atoms with van der Waals surface area (Å²) in [6.45, 7) is 7.46. The highest BCUT2D eigenvalue weighted by atomic mass is 32.1. The lowest BCUT2D eigenvalue weighted by Crippen LogP contribution is -2.38. The first-order valence-electron chi connectivity index (χ1n) is 8.03. The number of fused-ring (bicyclic) bond motifs is 1. The van der Waals surface area contributed by atoms with Gasteiger partial charge in [-0.3, -0.25) is 9.69 Å². The number of anilines is 1. The number of hydrogen-bond donors (Lipinski definition) is 0. The van der Waals surface area contributed by atoms with Crippen LogP contribution in [0.25, 0.3) is 10.2 Å². The van der Waals surface area contributed by atoms with E-state index >= 15 is 0 Å². The van der Waals surface area contributed by atoms with Crippen LogP contribution in [-0.4, -0.2) is 47.1 Å². The van der Waals surface area contributed by atoms with Gasteiger partial charge in [-0.25, -0.2) is 4.98 Å². The summed E-state index contributed by atoms with van der Waals surface area (Å²) in [5.41, 5.74) is 0.899. The summed E-state index contributed by atoms with van der Waals surface area (Å²) >= 11 is 1.51. The molecule has 0 atom stereocenters. The van der Waals surface area contributed by atoms with Crippen LogP contribution in [0.2, 0.25) is 0 Å². The molecular weight excluding hydrogens is 324 g/mol. The molecular formula is C17H20N4O2S. The molecule has 0 aliphatic rings. The molecule has 0 unspecified atom stereocenters. The van der Waals surface area contributed by atoms with Crippen molar-refractivity contribution in [2.75, 3.05) is 31.1 Å². The van der Waals surface area contributed by atoms with Crippen LogP contribution in [0.15, 0.2) is 41.1 Å². The molecule has 3 aromatic rings. The normalized spacial score (nSPS) is 11.3. The zero-order chi connectivity index (χ0) is 16.9. The van der Waals surface area contributed by atoms with Crippen molar-refractivity contribution in [3.8, 4) is 0 Å². The van der Waals surface area contributed by atoms with Crippen molar-refractivity contribution in [1.29, 1.82) is 0 Å². The summed E-state index contributed by atoms with van der Waals surface area (Å²) in [7, 11) is 0. The Bertz CT molecular complexity index is 763. The van der Waals surface area contributed by atoms with Crippen LogP contribution in [0.4, 0.5) is 5.13 Å². The number of carbonyl (C=O) groups is 1. The van der Waals surface area contributed by atoms with Crippen LogP contribution in [0.5, 0.6) is 0 Å². The van der Waals surface area contributed by atoms with E-state index in [0.717, 1.165) is 29.9 Å². The number of para-hydroxylation sites is 1. The van der Waals surface area contributed by atoms with Gasteiger partial charge >= 0.3 is 0 Å². The van der Waals surface area contributed by atoms with Gasteiger partial charge in [0.05, 0.1) is 16.4 Å². The summed E-state index contributed by atoms with van der Waals surface area (Å²) < 4.78 is 6.11. The molecule has 1 aromatic carbocycles. The highest BCUT2D eigenvalue weighted by Crippen LogP contribution is 2.29. The summed E-state index contributed by atoms with van der Waals surface area (Å²) in [6, 6.07) is 9.47. The first kappa shape index (κ1) is 16.6. The van der Waals surface area contributed by atoms with Gasteiger partial charge < -0.3 is 9.42 Å². The fourth-order valence-electron chi connectivity index (χ4n) is 2.50. The van der Waals surface area contributed by atoms with E-state index in [9.17, 15) is 4.79 Å². The molecule has 0 bridgehead atoms. The Morgan fingerprint density at radius 1 is 1.17 bits per heavy atom. The third kappa shape index (κ3) is 3.47. The molecule has 2 heterocycles. The van der Waals surface area contributed by atoms with Gasteiger partial charge in [0.2, 0.25) is 5.76 Å². The molecule has 3 rings (SSSR count). The Balaban J connectivity index is 1.90. The van der Waals surface area contributed by atoms with Gasteiger partial charge in [0.1, 0.15) is 0 Å². The number of benzene rings is 1. The highest BCUT2D eigenvalue weighted by molar-refractivity contribution is 7.22. The van der Waals surface area contributed by atoms with Crippen LogP contribution >= 0.6 is 11.3 Å². The van der Waals surface area contributed by atoms with Crippen LogP contribution in [-0.2, 0) is 0 Å². The summed E-state index contributed by atoms with van der Waals surface area (Å²) in [5, 5.41) is 4.32. The molecule has 2 aromatic heterocycles. The zero-order valence-electron chi connectivity index (χ0n) is 13.8. The molecule has 0 aliphatic carbocycles. The quantitative estimate of drug-likeness (QED) is 0.658. The van der Waals surface area contributed by atoms with E-state index in [-0.39, 0.29) is 11.7 Å². The average molecular weight is 344 g/mol. The fourth-order valence-corrected chi connectivity index (χ4v) is 3.49. The van der Waals surface area contributed by atoms with Gasteiger partial charge in [-0.05, 0) is 25.2 Å². The van der Waals surface area contributed by atoms with Gasteiger partial charge in [0.25, 0.3) is 5.91 Å². The SMILES string of the molecule is CCN(CC)CCN(C(=O)c1ccno1)c1nc2ccccc2s1. The molecule has 0 fully saturated rings. The number of amides is 1. The van der Waals surface area contributed by atoms with E-state index in [1.165, 1.54) is 17.5 Å². The predicted molar refractivity (Wildman–Crippen MR) is 95.6 cm³/mol. The maximum atomic E-state index is 12.8. The molecule has 0 spiro atoms. The Morgan fingerprint density at radius 3 is 2.62 bits per heavy atom. The Kier molecular flexibility index (Phi) is 5.22. The maximum absolute atomic E-state index is 12.8. The topological polar surface area (TPSA) is 62.5 Å². The Morgan fingerprint density at radius 2 is 1.96 bits per heavy atom. The molecule has 0 N–H and O–H groups in total. The molecule has 6 nitrogen and oxygen atoms in total. The molecule has 7 heteroatoms. The minimum Gasteiger partial charge on any atom is -0.351 e. The lowest BCUT2D eigenvalue weighted by Gasteiger charge is -2.23. The third-order valence-electron chi connectivity index (χ3n) is 3.94. The van der Waals surface area contributed by atoms with Crippen molar-refractivity contribution in [3.05, 3.63) is 42.3 Å². The van der Waals surface area contributed by atoms with E-state index in [1.807, 2.05) is 24.3 Å². The highest BCUT2D eigenvalue weighted by Gasteiger charge is 2.24.